The van der Waals surface area contributed by atoms with Gasteiger partial charge in [0.05, 0.1) is 11.4 Å². The van der Waals surface area contributed by atoms with Crippen LogP contribution in [0.15, 0.2) is 24.3 Å². The van der Waals surface area contributed by atoms with Gasteiger partial charge in [0, 0.05) is 12.2 Å². The van der Waals surface area contributed by atoms with Gasteiger partial charge in [0.15, 0.2) is 0 Å². The molecular formula is C13H22N2O3S. The summed E-state index contributed by atoms with van der Waals surface area (Å²) in [7, 11) is -3.47. The molecule has 0 atom stereocenters. The smallest absolute Gasteiger partial charge is 0.215 e. The average Bonchev–Trinajstić information content (AvgIpc) is 2.36. The number of hydrogen-bond acceptors (Lipinski definition) is 4. The summed E-state index contributed by atoms with van der Waals surface area (Å²) in [5.74, 6) is -0.137. The number of aliphatic hydroxyl groups is 1. The van der Waals surface area contributed by atoms with Crippen LogP contribution in [0.2, 0.25) is 0 Å². The van der Waals surface area contributed by atoms with E-state index >= 15 is 0 Å². The van der Waals surface area contributed by atoms with Crippen molar-refractivity contribution in [1.82, 2.24) is 4.72 Å². The lowest BCUT2D eigenvalue weighted by Crippen LogP contribution is -2.42. The summed E-state index contributed by atoms with van der Waals surface area (Å²) < 4.78 is 26.3. The van der Waals surface area contributed by atoms with Gasteiger partial charge in [0.2, 0.25) is 10.0 Å². The third-order valence-electron chi connectivity index (χ3n) is 3.25. The Morgan fingerprint density at radius 1 is 1.32 bits per heavy atom. The van der Waals surface area contributed by atoms with E-state index in [1.165, 1.54) is 0 Å². The molecule has 5 nitrogen and oxygen atoms in total. The molecule has 0 saturated carbocycles. The van der Waals surface area contributed by atoms with E-state index < -0.39 is 15.6 Å². The molecule has 0 bridgehead atoms. The van der Waals surface area contributed by atoms with E-state index in [-0.39, 0.29) is 12.3 Å². The summed E-state index contributed by atoms with van der Waals surface area (Å²) in [6, 6.07) is 6.76. The molecule has 0 aliphatic carbocycles. The number of hydrogen-bond donors (Lipinski definition) is 3. The van der Waals surface area contributed by atoms with E-state index in [0.29, 0.717) is 24.1 Å². The molecule has 108 valence electrons. The Hall–Kier alpha value is -1.11. The maximum Gasteiger partial charge on any atom is 0.215 e. The van der Waals surface area contributed by atoms with Crippen LogP contribution >= 0.6 is 0 Å². The Bertz CT molecular complexity index is 510. The van der Waals surface area contributed by atoms with E-state index in [2.05, 4.69) is 4.72 Å². The van der Waals surface area contributed by atoms with Crippen molar-refractivity contribution in [2.75, 3.05) is 12.3 Å². The van der Waals surface area contributed by atoms with Crippen LogP contribution in [0.5, 0.6) is 0 Å². The molecule has 1 aromatic carbocycles. The van der Waals surface area contributed by atoms with Gasteiger partial charge in [-0.3, -0.25) is 0 Å². The monoisotopic (exact) mass is 286 g/mol. The fourth-order valence-corrected chi connectivity index (χ4v) is 2.91. The maximum atomic E-state index is 11.9. The van der Waals surface area contributed by atoms with Crippen LogP contribution < -0.4 is 10.5 Å². The normalized spacial score (nSPS) is 12.6. The SMILES string of the molecule is CCC(O)(CC)CNS(=O)(=O)Cc1cccc(N)c1. The zero-order valence-electron chi connectivity index (χ0n) is 11.4. The van der Waals surface area contributed by atoms with E-state index in [1.54, 1.807) is 24.3 Å². The van der Waals surface area contributed by atoms with E-state index in [9.17, 15) is 13.5 Å². The maximum absolute atomic E-state index is 11.9. The zero-order chi connectivity index (χ0) is 14.5. The van der Waals surface area contributed by atoms with Crippen molar-refractivity contribution in [1.29, 1.82) is 0 Å². The molecule has 0 unspecified atom stereocenters. The Labute approximate surface area is 114 Å². The van der Waals surface area contributed by atoms with Crippen molar-refractivity contribution in [2.24, 2.45) is 0 Å². The minimum absolute atomic E-state index is 0.0324. The molecule has 0 saturated heterocycles. The van der Waals surface area contributed by atoms with Crippen LogP contribution in [0.4, 0.5) is 5.69 Å². The molecule has 0 aliphatic rings. The molecule has 1 rings (SSSR count). The third-order valence-corrected chi connectivity index (χ3v) is 4.54. The van der Waals surface area contributed by atoms with Gasteiger partial charge in [0.25, 0.3) is 0 Å². The zero-order valence-corrected chi connectivity index (χ0v) is 12.2. The Balaban J connectivity index is 2.67. The standard InChI is InChI=1S/C13H22N2O3S/c1-3-13(16,4-2)10-15-19(17,18)9-11-6-5-7-12(14)8-11/h5-8,15-16H,3-4,9-10,14H2,1-2H3. The van der Waals surface area contributed by atoms with Crippen LogP contribution in [0.3, 0.4) is 0 Å². The highest BCUT2D eigenvalue weighted by Crippen LogP contribution is 2.14. The first-order valence-electron chi connectivity index (χ1n) is 6.34. The van der Waals surface area contributed by atoms with Gasteiger partial charge in [-0.05, 0) is 30.5 Å². The van der Waals surface area contributed by atoms with Crippen molar-refractivity contribution in [3.05, 3.63) is 29.8 Å². The summed E-state index contributed by atoms with van der Waals surface area (Å²) >= 11 is 0. The Kier molecular flexibility index (Phi) is 5.34. The van der Waals surface area contributed by atoms with E-state index in [4.69, 9.17) is 5.73 Å². The van der Waals surface area contributed by atoms with Crippen molar-refractivity contribution < 1.29 is 13.5 Å². The Morgan fingerprint density at radius 3 is 2.47 bits per heavy atom. The van der Waals surface area contributed by atoms with E-state index in [1.807, 2.05) is 13.8 Å². The quantitative estimate of drug-likeness (QED) is 0.657. The summed E-state index contributed by atoms with van der Waals surface area (Å²) in [5, 5.41) is 10.1. The first kappa shape index (κ1) is 15.9. The van der Waals surface area contributed by atoms with Crippen molar-refractivity contribution in [3.63, 3.8) is 0 Å². The number of nitrogens with one attached hydrogen (secondary N) is 1. The molecule has 0 amide bonds. The van der Waals surface area contributed by atoms with Gasteiger partial charge in [-0.25, -0.2) is 13.1 Å². The lowest BCUT2D eigenvalue weighted by molar-refractivity contribution is 0.0377. The van der Waals surface area contributed by atoms with Gasteiger partial charge >= 0.3 is 0 Å². The number of benzene rings is 1. The predicted molar refractivity (Wildman–Crippen MR) is 77.0 cm³/mol. The molecular weight excluding hydrogens is 264 g/mol. The van der Waals surface area contributed by atoms with Crippen molar-refractivity contribution in [3.8, 4) is 0 Å². The molecule has 19 heavy (non-hydrogen) atoms. The number of rotatable bonds is 7. The highest BCUT2D eigenvalue weighted by atomic mass is 32.2. The number of nitrogen functional groups attached to an aromatic ring is 1. The molecule has 4 N–H and O–H groups in total. The summed E-state index contributed by atoms with van der Waals surface area (Å²) in [6.07, 6.45) is 1.01. The average molecular weight is 286 g/mol. The highest BCUT2D eigenvalue weighted by molar-refractivity contribution is 7.88. The van der Waals surface area contributed by atoms with Crippen LogP contribution in [-0.2, 0) is 15.8 Å². The lowest BCUT2D eigenvalue weighted by Gasteiger charge is -2.25. The fourth-order valence-electron chi connectivity index (χ4n) is 1.70. The van der Waals surface area contributed by atoms with E-state index in [0.717, 1.165) is 0 Å². The van der Waals surface area contributed by atoms with Gasteiger partial charge in [-0.15, -0.1) is 0 Å². The molecule has 0 aromatic heterocycles. The molecule has 0 fully saturated rings. The second-order valence-corrected chi connectivity index (χ2v) is 6.56. The molecule has 0 heterocycles. The lowest BCUT2D eigenvalue weighted by atomic mass is 9.98. The minimum atomic E-state index is -3.47. The largest absolute Gasteiger partial charge is 0.399 e. The molecule has 1 aromatic rings. The number of sulfonamides is 1. The summed E-state index contributed by atoms with van der Waals surface area (Å²) in [5.41, 5.74) is 5.79. The Morgan fingerprint density at radius 2 is 1.95 bits per heavy atom. The molecule has 6 heteroatoms. The van der Waals surface area contributed by atoms with Crippen LogP contribution in [0, 0.1) is 0 Å². The molecule has 0 radical (unpaired) electrons. The topological polar surface area (TPSA) is 92.4 Å². The summed E-state index contributed by atoms with van der Waals surface area (Å²) in [4.78, 5) is 0. The fraction of sp³-hybridized carbons (Fsp3) is 0.538. The molecule has 0 spiro atoms. The van der Waals surface area contributed by atoms with Crippen molar-refractivity contribution >= 4 is 15.7 Å². The predicted octanol–water partition coefficient (Wildman–Crippen LogP) is 1.24. The van der Waals surface area contributed by atoms with Crippen molar-refractivity contribution in [2.45, 2.75) is 38.0 Å². The van der Waals surface area contributed by atoms with Crippen LogP contribution in [-0.4, -0.2) is 25.7 Å². The summed E-state index contributed by atoms with van der Waals surface area (Å²) in [6.45, 7) is 3.69. The van der Waals surface area contributed by atoms with Gasteiger partial charge in [0.1, 0.15) is 0 Å². The van der Waals surface area contributed by atoms with Gasteiger partial charge in [-0.2, -0.15) is 0 Å². The van der Waals surface area contributed by atoms with Crippen LogP contribution in [0.1, 0.15) is 32.3 Å². The molecule has 0 aliphatic heterocycles. The van der Waals surface area contributed by atoms with Gasteiger partial charge in [-0.1, -0.05) is 26.0 Å². The first-order chi connectivity index (χ1) is 8.80. The second-order valence-electron chi connectivity index (χ2n) is 4.76. The minimum Gasteiger partial charge on any atom is -0.399 e. The second kappa shape index (κ2) is 6.36. The van der Waals surface area contributed by atoms with Gasteiger partial charge < -0.3 is 10.8 Å². The van der Waals surface area contributed by atoms with Crippen LogP contribution in [0.25, 0.3) is 0 Å². The first-order valence-corrected chi connectivity index (χ1v) is 7.99. The number of anilines is 1. The third kappa shape index (κ3) is 5.18. The highest BCUT2D eigenvalue weighted by Gasteiger charge is 2.24. The number of nitrogens with two attached hydrogens (primary N) is 1.